The lowest BCUT2D eigenvalue weighted by Crippen LogP contribution is -2.40. The van der Waals surface area contributed by atoms with E-state index in [1.807, 2.05) is 0 Å². The van der Waals surface area contributed by atoms with Crippen molar-refractivity contribution in [1.29, 1.82) is 0 Å². The molecule has 0 saturated heterocycles. The fourth-order valence-corrected chi connectivity index (χ4v) is 3.38. The number of aliphatic carboxylic acids is 1. The van der Waals surface area contributed by atoms with Crippen molar-refractivity contribution >= 4 is 29.3 Å². The number of carbonyl (C=O) groups is 2. The Bertz CT molecular complexity index is 993. The van der Waals surface area contributed by atoms with Crippen LogP contribution in [0.25, 0.3) is 0 Å². The Kier molecular flexibility index (Phi) is 12.5. The maximum absolute atomic E-state index is 13.4. The Morgan fingerprint density at radius 1 is 1.08 bits per heavy atom. The second-order valence-corrected chi connectivity index (χ2v) is 8.55. The van der Waals surface area contributed by atoms with E-state index in [4.69, 9.17) is 25.8 Å². The molecule has 8 nitrogen and oxygen atoms in total. The number of nitrogens with one attached hydrogen (secondary N) is 1. The van der Waals surface area contributed by atoms with Gasteiger partial charge in [-0.05, 0) is 36.8 Å². The molecule has 0 saturated carbocycles. The number of carboxylic acids is 1. The molecule has 1 atom stereocenters. The molecule has 2 N–H and O–H groups in total. The molecule has 11 heteroatoms. The maximum Gasteiger partial charge on any atom is 0.333 e. The zero-order valence-electron chi connectivity index (χ0n) is 20.9. The van der Waals surface area contributed by atoms with Crippen molar-refractivity contribution in [2.45, 2.75) is 38.7 Å². The lowest BCUT2D eigenvalue weighted by molar-refractivity contribution is -0.149. The summed E-state index contributed by atoms with van der Waals surface area (Å²) >= 11 is 6.12. The number of carboxylic acid groups (broad SMARTS) is 1. The van der Waals surface area contributed by atoms with Gasteiger partial charge in [-0.1, -0.05) is 42.8 Å². The van der Waals surface area contributed by atoms with Crippen LogP contribution in [0.5, 0.6) is 5.75 Å². The number of anilines is 1. The lowest BCUT2D eigenvalue weighted by atomic mass is 10.1. The topological polar surface area (TPSA) is 97.3 Å². The third-order valence-corrected chi connectivity index (χ3v) is 5.69. The predicted octanol–water partition coefficient (Wildman–Crippen LogP) is 5.35. The van der Waals surface area contributed by atoms with Crippen LogP contribution in [-0.2, 0) is 20.7 Å². The van der Waals surface area contributed by atoms with Crippen LogP contribution in [-0.4, -0.2) is 73.6 Å². The number of alkyl halides is 2. The Morgan fingerprint density at radius 2 is 1.76 bits per heavy atom. The van der Waals surface area contributed by atoms with E-state index in [2.05, 4.69) is 5.32 Å². The molecule has 0 spiro atoms. The van der Waals surface area contributed by atoms with Gasteiger partial charge in [0.25, 0.3) is 5.92 Å². The van der Waals surface area contributed by atoms with Gasteiger partial charge in [-0.2, -0.15) is 0 Å². The molecule has 0 aliphatic heterocycles. The molecule has 0 aromatic heterocycles. The number of carbonyl (C=O) groups excluding carboxylic acids is 1. The summed E-state index contributed by atoms with van der Waals surface area (Å²) in [5.41, 5.74) is 1.19. The van der Waals surface area contributed by atoms with E-state index in [-0.39, 0.29) is 39.1 Å². The average Bonchev–Trinajstić information content (AvgIpc) is 2.87. The molecule has 2 aromatic rings. The minimum Gasteiger partial charge on any atom is -0.492 e. The molecule has 0 aliphatic rings. The number of nitrogens with zero attached hydrogens (tertiary/aromatic N) is 1. The van der Waals surface area contributed by atoms with E-state index in [1.54, 1.807) is 55.5 Å². The molecular formula is C26H33ClF2N2O6. The highest BCUT2D eigenvalue weighted by Crippen LogP contribution is 2.21. The van der Waals surface area contributed by atoms with E-state index in [0.29, 0.717) is 23.1 Å². The van der Waals surface area contributed by atoms with Crippen molar-refractivity contribution in [3.63, 3.8) is 0 Å². The number of benzene rings is 2. The van der Waals surface area contributed by atoms with Gasteiger partial charge in [0.05, 0.1) is 23.9 Å². The number of amides is 2. The molecule has 204 valence electrons. The second-order valence-electron chi connectivity index (χ2n) is 8.14. The highest BCUT2D eigenvalue weighted by Gasteiger charge is 2.26. The summed E-state index contributed by atoms with van der Waals surface area (Å²) in [5.74, 6) is -3.43. The minimum absolute atomic E-state index is 0.0619. The zero-order chi connectivity index (χ0) is 27.3. The molecule has 37 heavy (non-hydrogen) atoms. The lowest BCUT2D eigenvalue weighted by Gasteiger charge is -2.24. The van der Waals surface area contributed by atoms with E-state index in [9.17, 15) is 23.5 Å². The molecule has 1 unspecified atom stereocenters. The SMILES string of the molecule is CCOC(Cc1ccc(OCCN(CCOCC(F)(F)CC)C(=O)Nc2ccccc2Cl)cc1)C(=O)O. The third kappa shape index (κ3) is 10.9. The van der Waals surface area contributed by atoms with Gasteiger partial charge < -0.3 is 29.5 Å². The smallest absolute Gasteiger partial charge is 0.333 e. The molecule has 2 rings (SSSR count). The Hall–Kier alpha value is -2.95. The highest BCUT2D eigenvalue weighted by molar-refractivity contribution is 6.33. The number of hydrogen-bond donors (Lipinski definition) is 2. The monoisotopic (exact) mass is 542 g/mol. The minimum atomic E-state index is -2.92. The Morgan fingerprint density at radius 3 is 2.38 bits per heavy atom. The molecule has 0 bridgehead atoms. The van der Waals surface area contributed by atoms with Crippen LogP contribution < -0.4 is 10.1 Å². The standard InChI is InChI=1S/C26H33ClF2N2O6/c1-3-26(28,29)18-35-15-13-31(25(34)30-22-8-6-5-7-21(22)27)14-16-37-20-11-9-19(10-12-20)17-23(24(32)33)36-4-2/h5-12,23H,3-4,13-18H2,1-2H3,(H,30,34)(H,32,33). The van der Waals surface area contributed by atoms with E-state index < -0.39 is 30.6 Å². The molecule has 2 aromatic carbocycles. The van der Waals surface area contributed by atoms with Crippen molar-refractivity contribution < 1.29 is 37.7 Å². The number of para-hydroxylation sites is 1. The maximum atomic E-state index is 13.4. The summed E-state index contributed by atoms with van der Waals surface area (Å²) in [4.78, 5) is 25.5. The van der Waals surface area contributed by atoms with Gasteiger partial charge in [0.1, 0.15) is 19.0 Å². The van der Waals surface area contributed by atoms with Crippen LogP contribution in [0.1, 0.15) is 25.8 Å². The Labute approximate surface area is 220 Å². The first-order valence-corrected chi connectivity index (χ1v) is 12.3. The van der Waals surface area contributed by atoms with E-state index >= 15 is 0 Å². The first kappa shape index (κ1) is 30.3. The Balaban J connectivity index is 1.94. The first-order chi connectivity index (χ1) is 17.6. The quantitative estimate of drug-likeness (QED) is 0.278. The average molecular weight is 543 g/mol. The molecule has 0 heterocycles. The summed E-state index contributed by atoms with van der Waals surface area (Å²) in [7, 11) is 0. The van der Waals surface area contributed by atoms with Crippen LogP contribution in [0.15, 0.2) is 48.5 Å². The van der Waals surface area contributed by atoms with Crippen LogP contribution in [0.3, 0.4) is 0 Å². The normalized spacial score (nSPS) is 12.1. The van der Waals surface area contributed by atoms with Gasteiger partial charge in [0.15, 0.2) is 6.10 Å². The van der Waals surface area contributed by atoms with Crippen molar-refractivity contribution in [3.8, 4) is 5.75 Å². The number of urea groups is 1. The second kappa shape index (κ2) is 15.3. The van der Waals surface area contributed by atoms with Gasteiger partial charge in [0.2, 0.25) is 0 Å². The van der Waals surface area contributed by atoms with Gasteiger partial charge in [-0.25, -0.2) is 18.4 Å². The summed E-state index contributed by atoms with van der Waals surface area (Å²) in [6, 6.07) is 13.1. The summed E-state index contributed by atoms with van der Waals surface area (Å²) in [6.45, 7) is 2.94. The molecule has 0 fully saturated rings. The third-order valence-electron chi connectivity index (χ3n) is 5.36. The molecule has 2 amide bonds. The molecular weight excluding hydrogens is 510 g/mol. The fraction of sp³-hybridized carbons (Fsp3) is 0.462. The largest absolute Gasteiger partial charge is 0.492 e. The van der Waals surface area contributed by atoms with Gasteiger partial charge in [0, 0.05) is 26.0 Å². The van der Waals surface area contributed by atoms with Crippen LogP contribution in [0.2, 0.25) is 5.02 Å². The van der Waals surface area contributed by atoms with Crippen LogP contribution in [0, 0.1) is 0 Å². The molecule has 0 aliphatic carbocycles. The first-order valence-electron chi connectivity index (χ1n) is 12.0. The number of halogens is 3. The van der Waals surface area contributed by atoms with Crippen molar-refractivity contribution in [2.24, 2.45) is 0 Å². The van der Waals surface area contributed by atoms with E-state index in [1.165, 1.54) is 11.8 Å². The van der Waals surface area contributed by atoms with Crippen molar-refractivity contribution in [1.82, 2.24) is 4.90 Å². The summed E-state index contributed by atoms with van der Waals surface area (Å²) < 4.78 is 43.0. The summed E-state index contributed by atoms with van der Waals surface area (Å²) in [5, 5.41) is 12.3. The number of ether oxygens (including phenoxy) is 3. The highest BCUT2D eigenvalue weighted by atomic mass is 35.5. The van der Waals surface area contributed by atoms with Gasteiger partial charge >= 0.3 is 12.0 Å². The van der Waals surface area contributed by atoms with Gasteiger partial charge in [-0.3, -0.25) is 0 Å². The molecule has 0 radical (unpaired) electrons. The van der Waals surface area contributed by atoms with Gasteiger partial charge in [-0.15, -0.1) is 0 Å². The number of hydrogen-bond acceptors (Lipinski definition) is 5. The zero-order valence-corrected chi connectivity index (χ0v) is 21.7. The van der Waals surface area contributed by atoms with Crippen LogP contribution >= 0.6 is 11.6 Å². The fourth-order valence-electron chi connectivity index (χ4n) is 3.20. The number of rotatable bonds is 16. The van der Waals surface area contributed by atoms with Crippen LogP contribution in [0.4, 0.5) is 19.3 Å². The predicted molar refractivity (Wildman–Crippen MR) is 137 cm³/mol. The van der Waals surface area contributed by atoms with Crippen molar-refractivity contribution in [3.05, 3.63) is 59.1 Å². The van der Waals surface area contributed by atoms with E-state index in [0.717, 1.165) is 5.56 Å². The van der Waals surface area contributed by atoms with Crippen molar-refractivity contribution in [2.75, 3.05) is 44.8 Å². The summed E-state index contributed by atoms with van der Waals surface area (Å²) in [6.07, 6.45) is -1.04.